The average molecular weight is 188 g/mol. The summed E-state index contributed by atoms with van der Waals surface area (Å²) in [6.07, 6.45) is 9.17. The molecule has 1 unspecified atom stereocenters. The Morgan fingerprint density at radius 2 is 1.83 bits per heavy atom. The SMILES string of the molecule is C=CCCCOCCCCCP. The molecule has 0 saturated heterocycles. The van der Waals surface area contributed by atoms with Gasteiger partial charge >= 0.3 is 0 Å². The minimum absolute atomic E-state index is 0.896. The van der Waals surface area contributed by atoms with Crippen LogP contribution in [0.15, 0.2) is 12.7 Å². The molecule has 0 aromatic carbocycles. The molecule has 0 bridgehead atoms. The minimum Gasteiger partial charge on any atom is -0.381 e. The van der Waals surface area contributed by atoms with Crippen molar-refractivity contribution in [3.8, 4) is 0 Å². The summed E-state index contributed by atoms with van der Waals surface area (Å²) in [4.78, 5) is 0. The third-order valence-corrected chi connectivity index (χ3v) is 2.10. The molecule has 0 aliphatic carbocycles. The predicted molar refractivity (Wildman–Crippen MR) is 58.7 cm³/mol. The Hall–Kier alpha value is 0.130. The zero-order valence-electron chi connectivity index (χ0n) is 7.93. The van der Waals surface area contributed by atoms with Crippen LogP contribution in [0.25, 0.3) is 0 Å². The number of rotatable bonds is 9. The summed E-state index contributed by atoms with van der Waals surface area (Å²) < 4.78 is 5.43. The van der Waals surface area contributed by atoms with Crippen molar-refractivity contribution in [2.24, 2.45) is 0 Å². The van der Waals surface area contributed by atoms with Crippen molar-refractivity contribution in [3.05, 3.63) is 12.7 Å². The smallest absolute Gasteiger partial charge is 0.0468 e. The lowest BCUT2D eigenvalue weighted by molar-refractivity contribution is 0.128. The molecule has 0 aliphatic heterocycles. The summed E-state index contributed by atoms with van der Waals surface area (Å²) in [7, 11) is 2.75. The van der Waals surface area contributed by atoms with Gasteiger partial charge in [0.2, 0.25) is 0 Å². The van der Waals surface area contributed by atoms with Gasteiger partial charge in [0.05, 0.1) is 0 Å². The Labute approximate surface area is 78.8 Å². The van der Waals surface area contributed by atoms with Crippen molar-refractivity contribution < 1.29 is 4.74 Å². The molecule has 2 heteroatoms. The molecule has 0 saturated carbocycles. The molecule has 12 heavy (non-hydrogen) atoms. The maximum absolute atomic E-state index is 5.43. The van der Waals surface area contributed by atoms with Gasteiger partial charge in [0.1, 0.15) is 0 Å². The van der Waals surface area contributed by atoms with Crippen molar-refractivity contribution in [2.45, 2.75) is 32.1 Å². The maximum Gasteiger partial charge on any atom is 0.0468 e. The Bertz CT molecular complexity index is 93.8. The zero-order chi connectivity index (χ0) is 9.07. The third-order valence-electron chi connectivity index (χ3n) is 1.69. The molecular weight excluding hydrogens is 167 g/mol. The van der Waals surface area contributed by atoms with Gasteiger partial charge in [-0.1, -0.05) is 12.5 Å². The standard InChI is InChI=1S/C10H21OP/c1-2-3-5-8-11-9-6-4-7-10-12/h2H,1,3-10,12H2. The quantitative estimate of drug-likeness (QED) is 0.307. The van der Waals surface area contributed by atoms with E-state index in [1.807, 2.05) is 6.08 Å². The molecule has 0 heterocycles. The van der Waals surface area contributed by atoms with Crippen LogP contribution in [-0.4, -0.2) is 19.4 Å². The Morgan fingerprint density at radius 1 is 1.08 bits per heavy atom. The van der Waals surface area contributed by atoms with Crippen LogP contribution in [0.1, 0.15) is 32.1 Å². The monoisotopic (exact) mass is 188 g/mol. The molecule has 0 radical (unpaired) electrons. The second kappa shape index (κ2) is 11.1. The second-order valence-corrected chi connectivity index (χ2v) is 3.47. The highest BCUT2D eigenvalue weighted by Crippen LogP contribution is 1.99. The fourth-order valence-corrected chi connectivity index (χ4v) is 1.25. The van der Waals surface area contributed by atoms with Gasteiger partial charge < -0.3 is 4.74 Å². The van der Waals surface area contributed by atoms with Crippen LogP contribution in [0, 0.1) is 0 Å². The lowest BCUT2D eigenvalue weighted by Gasteiger charge is -2.01. The summed E-state index contributed by atoms with van der Waals surface area (Å²) >= 11 is 0. The molecule has 1 atom stereocenters. The molecule has 0 rings (SSSR count). The summed E-state index contributed by atoms with van der Waals surface area (Å²) in [6, 6.07) is 0. The first-order valence-corrected chi connectivity index (χ1v) is 5.62. The molecule has 0 spiro atoms. The van der Waals surface area contributed by atoms with Gasteiger partial charge in [0, 0.05) is 13.2 Å². The minimum atomic E-state index is 0.896. The summed E-state index contributed by atoms with van der Waals surface area (Å²) in [5, 5.41) is 0. The molecule has 72 valence electrons. The molecule has 1 nitrogen and oxygen atoms in total. The van der Waals surface area contributed by atoms with E-state index >= 15 is 0 Å². The van der Waals surface area contributed by atoms with Gasteiger partial charge in [-0.15, -0.1) is 15.8 Å². The van der Waals surface area contributed by atoms with E-state index < -0.39 is 0 Å². The van der Waals surface area contributed by atoms with E-state index in [2.05, 4.69) is 15.8 Å². The highest BCUT2D eigenvalue weighted by molar-refractivity contribution is 7.16. The lowest BCUT2D eigenvalue weighted by Crippen LogP contribution is -1.96. The first-order chi connectivity index (χ1) is 5.91. The van der Waals surface area contributed by atoms with Crippen LogP contribution in [-0.2, 0) is 4.74 Å². The van der Waals surface area contributed by atoms with E-state index in [9.17, 15) is 0 Å². The van der Waals surface area contributed by atoms with E-state index in [0.717, 1.165) is 26.1 Å². The molecular formula is C10H21OP. The summed E-state index contributed by atoms with van der Waals surface area (Å²) in [6.45, 7) is 5.49. The van der Waals surface area contributed by atoms with Crippen molar-refractivity contribution >= 4 is 9.24 Å². The summed E-state index contributed by atoms with van der Waals surface area (Å²) in [5.41, 5.74) is 0. The molecule has 0 fully saturated rings. The number of ether oxygens (including phenoxy) is 1. The Balaban J connectivity index is 2.77. The number of unbranched alkanes of at least 4 members (excludes halogenated alkanes) is 3. The molecule has 0 aromatic rings. The molecule has 0 N–H and O–H groups in total. The van der Waals surface area contributed by atoms with Crippen molar-refractivity contribution in [3.63, 3.8) is 0 Å². The van der Waals surface area contributed by atoms with Crippen molar-refractivity contribution in [2.75, 3.05) is 19.4 Å². The van der Waals surface area contributed by atoms with E-state index in [1.54, 1.807) is 0 Å². The first-order valence-electron chi connectivity index (χ1n) is 4.80. The highest BCUT2D eigenvalue weighted by Gasteiger charge is 1.88. The van der Waals surface area contributed by atoms with Gasteiger partial charge in [-0.2, -0.15) is 0 Å². The predicted octanol–water partition coefficient (Wildman–Crippen LogP) is 3.01. The second-order valence-electron chi connectivity index (χ2n) is 2.89. The van der Waals surface area contributed by atoms with Gasteiger partial charge in [0.25, 0.3) is 0 Å². The van der Waals surface area contributed by atoms with Crippen LogP contribution in [0.4, 0.5) is 0 Å². The fraction of sp³-hybridized carbons (Fsp3) is 0.800. The number of hydrogen-bond acceptors (Lipinski definition) is 1. The van der Waals surface area contributed by atoms with E-state index in [-0.39, 0.29) is 0 Å². The van der Waals surface area contributed by atoms with E-state index in [0.29, 0.717) is 0 Å². The fourth-order valence-electron chi connectivity index (χ4n) is 0.957. The molecule has 0 aliphatic rings. The van der Waals surface area contributed by atoms with E-state index in [4.69, 9.17) is 4.74 Å². The number of allylic oxidation sites excluding steroid dienone is 1. The Kier molecular flexibility index (Phi) is 11.3. The van der Waals surface area contributed by atoms with Gasteiger partial charge in [0.15, 0.2) is 0 Å². The van der Waals surface area contributed by atoms with E-state index in [1.165, 1.54) is 25.4 Å². The topological polar surface area (TPSA) is 9.23 Å². The van der Waals surface area contributed by atoms with Crippen LogP contribution in [0.5, 0.6) is 0 Å². The largest absolute Gasteiger partial charge is 0.381 e. The highest BCUT2D eigenvalue weighted by atomic mass is 31.0. The first kappa shape index (κ1) is 12.1. The summed E-state index contributed by atoms with van der Waals surface area (Å²) in [5.74, 6) is 0. The maximum atomic E-state index is 5.43. The zero-order valence-corrected chi connectivity index (χ0v) is 9.08. The van der Waals surface area contributed by atoms with Crippen LogP contribution in [0.2, 0.25) is 0 Å². The normalized spacial score (nSPS) is 10.1. The van der Waals surface area contributed by atoms with Gasteiger partial charge in [-0.3, -0.25) is 0 Å². The number of hydrogen-bond donors (Lipinski definition) is 0. The average Bonchev–Trinajstić information content (AvgIpc) is 2.10. The Morgan fingerprint density at radius 3 is 2.50 bits per heavy atom. The van der Waals surface area contributed by atoms with Crippen LogP contribution < -0.4 is 0 Å². The molecule has 0 aromatic heterocycles. The van der Waals surface area contributed by atoms with Crippen molar-refractivity contribution in [1.29, 1.82) is 0 Å². The lowest BCUT2D eigenvalue weighted by atomic mass is 10.3. The molecule has 0 amide bonds. The van der Waals surface area contributed by atoms with Crippen molar-refractivity contribution in [1.82, 2.24) is 0 Å². The van der Waals surface area contributed by atoms with Crippen LogP contribution in [0.3, 0.4) is 0 Å². The third kappa shape index (κ3) is 10.1. The van der Waals surface area contributed by atoms with Gasteiger partial charge in [-0.05, 0) is 31.8 Å². The van der Waals surface area contributed by atoms with Gasteiger partial charge in [-0.25, -0.2) is 0 Å². The van der Waals surface area contributed by atoms with Crippen LogP contribution >= 0.6 is 9.24 Å².